The molecule has 1 amide bonds. The van der Waals surface area contributed by atoms with Crippen LogP contribution in [0.15, 0.2) is 54.1 Å². The van der Waals surface area contributed by atoms with Gasteiger partial charge in [0, 0.05) is 16.7 Å². The zero-order valence-corrected chi connectivity index (χ0v) is 16.5. The van der Waals surface area contributed by atoms with Gasteiger partial charge in [-0.1, -0.05) is 36.4 Å². The summed E-state index contributed by atoms with van der Waals surface area (Å²) in [5, 5.41) is 2.12. The van der Waals surface area contributed by atoms with Crippen molar-refractivity contribution in [1.29, 1.82) is 0 Å². The van der Waals surface area contributed by atoms with Crippen LogP contribution in [0.5, 0.6) is 5.75 Å². The number of primary amides is 1. The number of ether oxygens (including phenoxy) is 1. The van der Waals surface area contributed by atoms with Gasteiger partial charge in [0.15, 0.2) is 5.78 Å². The second-order valence-corrected chi connectivity index (χ2v) is 6.92. The molecule has 0 aliphatic carbocycles. The molecule has 0 aliphatic heterocycles. The zero-order chi connectivity index (χ0) is 20.4. The molecule has 0 radical (unpaired) electrons. The van der Waals surface area contributed by atoms with Crippen LogP contribution < -0.4 is 10.5 Å². The molecule has 0 unspecified atom stereocenters. The van der Waals surface area contributed by atoms with E-state index in [4.69, 9.17) is 10.5 Å². The highest BCUT2D eigenvalue weighted by molar-refractivity contribution is 6.11. The van der Waals surface area contributed by atoms with E-state index in [1.807, 2.05) is 38.1 Å². The van der Waals surface area contributed by atoms with Gasteiger partial charge >= 0.3 is 0 Å². The number of aryl methyl sites for hydroxylation is 2. The van der Waals surface area contributed by atoms with E-state index in [1.165, 1.54) is 0 Å². The molecule has 0 bridgehead atoms. The summed E-state index contributed by atoms with van der Waals surface area (Å²) in [5.41, 5.74) is 9.90. The Bertz CT molecular complexity index is 1110. The lowest BCUT2D eigenvalue weighted by molar-refractivity contribution is -0.114. The maximum absolute atomic E-state index is 12.9. The van der Waals surface area contributed by atoms with Crippen LogP contribution in [-0.2, 0) is 4.79 Å². The molecule has 0 aromatic heterocycles. The third-order valence-electron chi connectivity index (χ3n) is 4.99. The highest BCUT2D eigenvalue weighted by Crippen LogP contribution is 2.31. The summed E-state index contributed by atoms with van der Waals surface area (Å²) in [6, 6.07) is 14.9. The number of nitrogens with two attached hydrogens (primary N) is 1. The van der Waals surface area contributed by atoms with E-state index in [1.54, 1.807) is 44.4 Å². The van der Waals surface area contributed by atoms with Gasteiger partial charge in [-0.25, -0.2) is 0 Å². The second-order valence-electron chi connectivity index (χ2n) is 6.92. The number of hydrogen-bond donors (Lipinski definition) is 1. The Morgan fingerprint density at radius 3 is 2.18 bits per heavy atom. The Morgan fingerprint density at radius 2 is 1.57 bits per heavy atom. The third kappa shape index (κ3) is 3.67. The third-order valence-corrected chi connectivity index (χ3v) is 4.99. The van der Waals surface area contributed by atoms with Gasteiger partial charge in [0.1, 0.15) is 5.75 Å². The standard InChI is InChI=1S/C24H23NO3/c1-14-12-22(28-4)16(3)20-10-9-19(13-21(14)20)23(26)18-7-5-17(6-8-18)11-15(2)24(25)27/h5-13H,1-4H3,(H2,25,27). The Morgan fingerprint density at radius 1 is 0.929 bits per heavy atom. The summed E-state index contributed by atoms with van der Waals surface area (Å²) < 4.78 is 5.43. The first-order chi connectivity index (χ1) is 13.3. The van der Waals surface area contributed by atoms with Crippen LogP contribution >= 0.6 is 0 Å². The summed E-state index contributed by atoms with van der Waals surface area (Å²) in [6.07, 6.45) is 1.70. The second kappa shape index (κ2) is 7.69. The van der Waals surface area contributed by atoms with E-state index >= 15 is 0 Å². The van der Waals surface area contributed by atoms with E-state index in [2.05, 4.69) is 0 Å². The SMILES string of the molecule is COc1cc(C)c2cc(C(=O)c3ccc(C=C(C)C(N)=O)cc3)ccc2c1C. The Labute approximate surface area is 164 Å². The topological polar surface area (TPSA) is 69.4 Å². The van der Waals surface area contributed by atoms with E-state index in [0.29, 0.717) is 16.7 Å². The summed E-state index contributed by atoms with van der Waals surface area (Å²) in [6.45, 7) is 5.69. The number of amides is 1. The van der Waals surface area contributed by atoms with E-state index < -0.39 is 5.91 Å². The van der Waals surface area contributed by atoms with Gasteiger partial charge in [-0.15, -0.1) is 0 Å². The quantitative estimate of drug-likeness (QED) is 0.525. The number of carbonyl (C=O) groups excluding carboxylic acids is 2. The van der Waals surface area contributed by atoms with Crippen molar-refractivity contribution in [2.75, 3.05) is 7.11 Å². The van der Waals surface area contributed by atoms with Gasteiger partial charge in [-0.3, -0.25) is 9.59 Å². The summed E-state index contributed by atoms with van der Waals surface area (Å²) in [4.78, 5) is 24.1. The van der Waals surface area contributed by atoms with Crippen molar-refractivity contribution in [3.8, 4) is 5.75 Å². The van der Waals surface area contributed by atoms with Crippen LogP contribution in [-0.4, -0.2) is 18.8 Å². The lowest BCUT2D eigenvalue weighted by atomic mass is 9.95. The van der Waals surface area contributed by atoms with E-state index in [9.17, 15) is 9.59 Å². The summed E-state index contributed by atoms with van der Waals surface area (Å²) >= 11 is 0. The Hall–Kier alpha value is -3.40. The zero-order valence-electron chi connectivity index (χ0n) is 16.5. The van der Waals surface area contributed by atoms with Crippen LogP contribution in [0.4, 0.5) is 0 Å². The van der Waals surface area contributed by atoms with Crippen molar-refractivity contribution in [2.45, 2.75) is 20.8 Å². The lowest BCUT2D eigenvalue weighted by Crippen LogP contribution is -2.11. The van der Waals surface area contributed by atoms with Crippen molar-refractivity contribution in [3.05, 3.63) is 81.9 Å². The molecule has 0 fully saturated rings. The first-order valence-corrected chi connectivity index (χ1v) is 9.02. The molecule has 0 aliphatic rings. The molecule has 142 valence electrons. The predicted octanol–water partition coefficient (Wildman–Crippen LogP) is 4.58. The first-order valence-electron chi connectivity index (χ1n) is 9.02. The van der Waals surface area contributed by atoms with Gasteiger partial charge in [0.25, 0.3) is 0 Å². The minimum atomic E-state index is -0.460. The minimum Gasteiger partial charge on any atom is -0.496 e. The Balaban J connectivity index is 1.96. The summed E-state index contributed by atoms with van der Waals surface area (Å²) in [5.74, 6) is 0.342. The molecular weight excluding hydrogens is 350 g/mol. The normalized spacial score (nSPS) is 11.5. The maximum atomic E-state index is 12.9. The first kappa shape index (κ1) is 19.4. The maximum Gasteiger partial charge on any atom is 0.244 e. The fourth-order valence-electron chi connectivity index (χ4n) is 3.28. The summed E-state index contributed by atoms with van der Waals surface area (Å²) in [7, 11) is 1.66. The number of hydrogen-bond acceptors (Lipinski definition) is 3. The molecule has 3 aromatic carbocycles. The van der Waals surface area contributed by atoms with Gasteiger partial charge in [-0.05, 0) is 66.4 Å². The molecule has 4 heteroatoms. The van der Waals surface area contributed by atoms with Gasteiger partial charge in [0.05, 0.1) is 7.11 Å². The molecule has 28 heavy (non-hydrogen) atoms. The molecular formula is C24H23NO3. The molecule has 3 aromatic rings. The van der Waals surface area contributed by atoms with E-state index in [-0.39, 0.29) is 5.78 Å². The van der Waals surface area contributed by atoms with Gasteiger partial charge < -0.3 is 10.5 Å². The van der Waals surface area contributed by atoms with Crippen LogP contribution in [0.25, 0.3) is 16.8 Å². The van der Waals surface area contributed by atoms with Crippen molar-refractivity contribution >= 4 is 28.5 Å². The number of carbonyl (C=O) groups is 2. The molecule has 0 heterocycles. The average molecular weight is 373 g/mol. The van der Waals surface area contributed by atoms with Gasteiger partial charge in [-0.2, -0.15) is 0 Å². The van der Waals surface area contributed by atoms with Crippen molar-refractivity contribution in [1.82, 2.24) is 0 Å². The van der Waals surface area contributed by atoms with Crippen LogP contribution in [0.2, 0.25) is 0 Å². The highest BCUT2D eigenvalue weighted by atomic mass is 16.5. The number of methoxy groups -OCH3 is 1. The minimum absolute atomic E-state index is 0.0445. The monoisotopic (exact) mass is 373 g/mol. The average Bonchev–Trinajstić information content (AvgIpc) is 2.70. The smallest absolute Gasteiger partial charge is 0.244 e. The molecule has 0 saturated carbocycles. The number of rotatable bonds is 5. The molecule has 4 nitrogen and oxygen atoms in total. The number of ketones is 1. The predicted molar refractivity (Wildman–Crippen MR) is 113 cm³/mol. The van der Waals surface area contributed by atoms with Crippen LogP contribution in [0, 0.1) is 13.8 Å². The largest absolute Gasteiger partial charge is 0.496 e. The molecule has 2 N–H and O–H groups in total. The molecule has 0 atom stereocenters. The number of fused-ring (bicyclic) bond motifs is 1. The fourth-order valence-corrected chi connectivity index (χ4v) is 3.28. The lowest BCUT2D eigenvalue weighted by Gasteiger charge is -2.12. The van der Waals surface area contributed by atoms with Crippen LogP contribution in [0.1, 0.15) is 39.5 Å². The highest BCUT2D eigenvalue weighted by Gasteiger charge is 2.13. The van der Waals surface area contributed by atoms with Crippen molar-refractivity contribution in [2.24, 2.45) is 5.73 Å². The molecule has 0 saturated heterocycles. The molecule has 3 rings (SSSR count). The van der Waals surface area contributed by atoms with E-state index in [0.717, 1.165) is 33.2 Å². The number of benzene rings is 3. The molecule has 0 spiro atoms. The Kier molecular flexibility index (Phi) is 5.32. The van der Waals surface area contributed by atoms with Crippen molar-refractivity contribution in [3.63, 3.8) is 0 Å². The fraction of sp³-hybridized carbons (Fsp3) is 0.167. The van der Waals surface area contributed by atoms with Crippen LogP contribution in [0.3, 0.4) is 0 Å². The van der Waals surface area contributed by atoms with Crippen molar-refractivity contribution < 1.29 is 14.3 Å². The van der Waals surface area contributed by atoms with Gasteiger partial charge in [0.2, 0.25) is 5.91 Å².